The molecule has 0 atom stereocenters. The Balaban J connectivity index is 1.66. The highest BCUT2D eigenvalue weighted by Gasteiger charge is 2.25. The predicted octanol–water partition coefficient (Wildman–Crippen LogP) is 1.90. The van der Waals surface area contributed by atoms with Gasteiger partial charge in [-0.1, -0.05) is 6.07 Å². The molecule has 4 heteroatoms. The zero-order chi connectivity index (χ0) is 13.2. The van der Waals surface area contributed by atoms with Crippen molar-refractivity contribution in [3.05, 3.63) is 35.7 Å². The summed E-state index contributed by atoms with van der Waals surface area (Å²) in [6.45, 7) is 4.92. The molecular weight excluding hydrogens is 236 g/mol. The molecule has 1 saturated heterocycles. The Morgan fingerprint density at radius 2 is 2.11 bits per heavy atom. The number of aromatic nitrogens is 1. The van der Waals surface area contributed by atoms with Crippen LogP contribution in [-0.2, 0) is 0 Å². The van der Waals surface area contributed by atoms with Crippen LogP contribution >= 0.6 is 0 Å². The highest BCUT2D eigenvalue weighted by molar-refractivity contribution is 5.99. The number of hydrogen-bond donors (Lipinski definition) is 1. The van der Waals surface area contributed by atoms with Crippen molar-refractivity contribution in [2.24, 2.45) is 16.6 Å². The molecule has 3 heterocycles. The van der Waals surface area contributed by atoms with Gasteiger partial charge >= 0.3 is 0 Å². The van der Waals surface area contributed by atoms with Crippen molar-refractivity contribution >= 4 is 11.5 Å². The number of nitrogens with two attached hydrogens (primary N) is 1. The molecule has 3 rings (SSSR count). The van der Waals surface area contributed by atoms with Crippen molar-refractivity contribution in [1.29, 1.82) is 0 Å². The van der Waals surface area contributed by atoms with Gasteiger partial charge in [-0.15, -0.1) is 0 Å². The van der Waals surface area contributed by atoms with Crippen molar-refractivity contribution in [3.63, 3.8) is 0 Å². The molecule has 0 saturated carbocycles. The maximum atomic E-state index is 5.80. The number of hydrogen-bond acceptors (Lipinski definition) is 4. The van der Waals surface area contributed by atoms with Crippen LogP contribution in [0.3, 0.4) is 0 Å². The minimum atomic E-state index is 0.571. The molecule has 1 aromatic heterocycles. The summed E-state index contributed by atoms with van der Waals surface area (Å²) in [6.07, 6.45) is 6.21. The second kappa shape index (κ2) is 5.03. The molecule has 0 spiro atoms. The lowest BCUT2D eigenvalue weighted by Gasteiger charge is -2.33. The van der Waals surface area contributed by atoms with E-state index in [0.29, 0.717) is 12.5 Å². The highest BCUT2D eigenvalue weighted by atomic mass is 15.2. The normalized spacial score (nSPS) is 20.4. The van der Waals surface area contributed by atoms with Crippen LogP contribution in [-0.4, -0.2) is 30.3 Å². The average molecular weight is 256 g/mol. The van der Waals surface area contributed by atoms with Gasteiger partial charge in [-0.2, -0.15) is 0 Å². The van der Waals surface area contributed by atoms with Crippen LogP contribution in [0.5, 0.6) is 0 Å². The summed E-state index contributed by atoms with van der Waals surface area (Å²) >= 11 is 0. The summed E-state index contributed by atoms with van der Waals surface area (Å²) in [5, 5.41) is 0. The minimum Gasteiger partial charge on any atom is -0.400 e. The summed E-state index contributed by atoms with van der Waals surface area (Å²) in [7, 11) is 0. The first-order valence-corrected chi connectivity index (χ1v) is 6.91. The third kappa shape index (κ3) is 2.48. The largest absolute Gasteiger partial charge is 0.400 e. The molecule has 1 fully saturated rings. The molecule has 19 heavy (non-hydrogen) atoms. The van der Waals surface area contributed by atoms with Gasteiger partial charge in [0.2, 0.25) is 0 Å². The molecule has 2 aliphatic heterocycles. The molecule has 2 aliphatic rings. The number of allylic oxidation sites excluding steroid dienone is 1. The van der Waals surface area contributed by atoms with Crippen molar-refractivity contribution < 1.29 is 0 Å². The van der Waals surface area contributed by atoms with E-state index in [2.05, 4.69) is 33.9 Å². The van der Waals surface area contributed by atoms with Crippen LogP contribution in [0.2, 0.25) is 0 Å². The van der Waals surface area contributed by atoms with E-state index in [1.807, 2.05) is 12.3 Å². The van der Waals surface area contributed by atoms with Crippen LogP contribution in [0.1, 0.15) is 18.4 Å². The van der Waals surface area contributed by atoms with Gasteiger partial charge < -0.3 is 10.6 Å². The third-order valence-corrected chi connectivity index (χ3v) is 3.97. The summed E-state index contributed by atoms with van der Waals surface area (Å²) in [4.78, 5) is 11.4. The van der Waals surface area contributed by atoms with Gasteiger partial charge in [-0.25, -0.2) is 4.98 Å². The SMILES string of the molecule is Cc1cccnc1N1CCC(C2=NCC(N)=C2)CC1. The van der Waals surface area contributed by atoms with E-state index < -0.39 is 0 Å². The third-order valence-electron chi connectivity index (χ3n) is 3.97. The van der Waals surface area contributed by atoms with E-state index in [1.165, 1.54) is 11.3 Å². The van der Waals surface area contributed by atoms with E-state index in [1.54, 1.807) is 0 Å². The number of aryl methyl sites for hydroxylation is 1. The van der Waals surface area contributed by atoms with Crippen molar-refractivity contribution in [2.75, 3.05) is 24.5 Å². The van der Waals surface area contributed by atoms with Crippen molar-refractivity contribution in [1.82, 2.24) is 4.98 Å². The van der Waals surface area contributed by atoms with E-state index in [-0.39, 0.29) is 0 Å². The second-order valence-electron chi connectivity index (χ2n) is 5.37. The molecule has 0 aromatic carbocycles. The lowest BCUT2D eigenvalue weighted by Crippen LogP contribution is -2.36. The maximum absolute atomic E-state index is 5.80. The van der Waals surface area contributed by atoms with Gasteiger partial charge in [-0.3, -0.25) is 4.99 Å². The molecule has 100 valence electrons. The predicted molar refractivity (Wildman–Crippen MR) is 78.5 cm³/mol. The summed E-state index contributed by atoms with van der Waals surface area (Å²) < 4.78 is 0. The average Bonchev–Trinajstić information content (AvgIpc) is 2.86. The van der Waals surface area contributed by atoms with Crippen LogP contribution < -0.4 is 10.6 Å². The van der Waals surface area contributed by atoms with Gasteiger partial charge in [0.25, 0.3) is 0 Å². The fourth-order valence-corrected chi connectivity index (χ4v) is 2.91. The van der Waals surface area contributed by atoms with E-state index >= 15 is 0 Å². The van der Waals surface area contributed by atoms with Crippen molar-refractivity contribution in [2.45, 2.75) is 19.8 Å². The Morgan fingerprint density at radius 3 is 2.74 bits per heavy atom. The number of piperidine rings is 1. The van der Waals surface area contributed by atoms with Crippen LogP contribution in [0.15, 0.2) is 35.1 Å². The minimum absolute atomic E-state index is 0.571. The number of rotatable bonds is 2. The zero-order valence-electron chi connectivity index (χ0n) is 11.3. The summed E-state index contributed by atoms with van der Waals surface area (Å²) in [6, 6.07) is 4.12. The summed E-state index contributed by atoms with van der Waals surface area (Å²) in [5.74, 6) is 1.70. The topological polar surface area (TPSA) is 54.5 Å². The number of anilines is 1. The monoisotopic (exact) mass is 256 g/mol. The first kappa shape index (κ1) is 12.2. The summed E-state index contributed by atoms with van der Waals surface area (Å²) in [5.41, 5.74) is 9.15. The first-order valence-electron chi connectivity index (χ1n) is 6.91. The maximum Gasteiger partial charge on any atom is 0.131 e. The number of pyridine rings is 1. The Bertz CT molecular complexity index is 525. The van der Waals surface area contributed by atoms with Crippen LogP contribution in [0.4, 0.5) is 5.82 Å². The second-order valence-corrected chi connectivity index (χ2v) is 5.37. The molecule has 0 bridgehead atoms. The molecule has 0 radical (unpaired) electrons. The fourth-order valence-electron chi connectivity index (χ4n) is 2.91. The molecule has 0 amide bonds. The quantitative estimate of drug-likeness (QED) is 0.879. The van der Waals surface area contributed by atoms with Crippen LogP contribution in [0, 0.1) is 12.8 Å². The Hall–Kier alpha value is -1.84. The first-order chi connectivity index (χ1) is 9.24. The Morgan fingerprint density at radius 1 is 1.32 bits per heavy atom. The lowest BCUT2D eigenvalue weighted by molar-refractivity contribution is 0.500. The molecule has 2 N–H and O–H groups in total. The van der Waals surface area contributed by atoms with Gasteiger partial charge in [0, 0.05) is 36.6 Å². The van der Waals surface area contributed by atoms with E-state index in [0.717, 1.165) is 37.4 Å². The Kier molecular flexibility index (Phi) is 3.23. The van der Waals surface area contributed by atoms with Gasteiger partial charge in [0.15, 0.2) is 0 Å². The van der Waals surface area contributed by atoms with Gasteiger partial charge in [0.1, 0.15) is 5.82 Å². The fraction of sp³-hybridized carbons (Fsp3) is 0.467. The molecule has 1 aromatic rings. The smallest absolute Gasteiger partial charge is 0.131 e. The number of aliphatic imine (C=N–C) groups is 1. The highest BCUT2D eigenvalue weighted by Crippen LogP contribution is 2.26. The lowest BCUT2D eigenvalue weighted by atomic mass is 9.91. The Labute approximate surface area is 114 Å². The number of nitrogens with zero attached hydrogens (tertiary/aromatic N) is 3. The van der Waals surface area contributed by atoms with Gasteiger partial charge in [0.05, 0.1) is 6.54 Å². The zero-order valence-corrected chi connectivity index (χ0v) is 11.3. The van der Waals surface area contributed by atoms with Crippen molar-refractivity contribution in [3.8, 4) is 0 Å². The molecule has 0 aliphatic carbocycles. The standard InChI is InChI=1S/C15H20N4/c1-11-3-2-6-17-15(11)19-7-4-12(5-8-19)14-9-13(16)10-18-14/h2-3,6,9,12H,4-5,7-8,10,16H2,1H3. The molecule has 0 unspecified atom stereocenters. The molecular formula is C15H20N4. The van der Waals surface area contributed by atoms with E-state index in [9.17, 15) is 0 Å². The van der Waals surface area contributed by atoms with Gasteiger partial charge in [-0.05, 0) is 37.5 Å². The van der Waals surface area contributed by atoms with Crippen LogP contribution in [0.25, 0.3) is 0 Å². The molecule has 4 nitrogen and oxygen atoms in total. The van der Waals surface area contributed by atoms with E-state index in [4.69, 9.17) is 5.73 Å².